The molecule has 0 aliphatic rings. The number of hydrogen-bond donors (Lipinski definition) is 4. The molecule has 1 atom stereocenters. The lowest BCUT2D eigenvalue weighted by Gasteiger charge is -2.26. The van der Waals surface area contributed by atoms with Crippen LogP contribution in [0.2, 0.25) is 0 Å². The fourth-order valence-corrected chi connectivity index (χ4v) is 5.41. The molecule has 0 aromatic heterocycles. The van der Waals surface area contributed by atoms with E-state index in [9.17, 15) is 22.9 Å². The molecule has 0 saturated carbocycles. The largest absolute Gasteiger partial charge is 0.497 e. The van der Waals surface area contributed by atoms with Crippen LogP contribution in [0.1, 0.15) is 25.8 Å². The molecule has 0 heterocycles. The highest BCUT2D eigenvalue weighted by atomic mass is 32.2. The van der Waals surface area contributed by atoms with Crippen molar-refractivity contribution in [3.05, 3.63) is 54.1 Å². The van der Waals surface area contributed by atoms with Crippen LogP contribution in [0.5, 0.6) is 11.5 Å². The van der Waals surface area contributed by atoms with Gasteiger partial charge < -0.3 is 29.7 Å². The average Bonchev–Trinajstić information content (AvgIpc) is 2.80. The summed E-state index contributed by atoms with van der Waals surface area (Å²) in [6, 6.07) is 11.9. The number of amides is 1. The van der Waals surface area contributed by atoms with Crippen molar-refractivity contribution in [3.63, 3.8) is 0 Å². The second-order valence-corrected chi connectivity index (χ2v) is 12.2. The number of hydrogen-bond acceptors (Lipinski definition) is 6. The van der Waals surface area contributed by atoms with Crippen molar-refractivity contribution in [2.75, 3.05) is 26.5 Å². The van der Waals surface area contributed by atoms with Gasteiger partial charge in [0.25, 0.3) is 0 Å². The molecule has 36 heavy (non-hydrogen) atoms. The lowest BCUT2D eigenvalue weighted by Crippen LogP contribution is -2.41. The lowest BCUT2D eigenvalue weighted by molar-refractivity contribution is 0.188. The number of nitrogens with zero attached hydrogens (tertiary/aromatic N) is 1. The van der Waals surface area contributed by atoms with Gasteiger partial charge in [-0.15, -0.1) is 0 Å². The summed E-state index contributed by atoms with van der Waals surface area (Å²) in [7, 11) is -6.63. The summed E-state index contributed by atoms with van der Waals surface area (Å²) in [6.45, 7) is 4.17. The van der Waals surface area contributed by atoms with Crippen LogP contribution in [0.15, 0.2) is 53.4 Å². The maximum Gasteiger partial charge on any atom is 0.404 e. The highest BCUT2D eigenvalue weighted by Crippen LogP contribution is 2.34. The van der Waals surface area contributed by atoms with E-state index in [0.717, 1.165) is 5.56 Å². The molecule has 0 unspecified atom stereocenters. The second-order valence-electron chi connectivity index (χ2n) is 8.65. The summed E-state index contributed by atoms with van der Waals surface area (Å²) in [6.07, 6.45) is -1.46. The molecule has 0 fully saturated rings. The summed E-state index contributed by atoms with van der Waals surface area (Å²) in [5.41, 5.74) is 0.741. The minimum absolute atomic E-state index is 0.0459. The topological polar surface area (TPSA) is 163 Å². The number of nitrogens with one attached hydrogen (secondary N) is 1. The Morgan fingerprint density at radius 2 is 1.64 bits per heavy atom. The summed E-state index contributed by atoms with van der Waals surface area (Å²) >= 11 is 0. The molecule has 4 N–H and O–H groups in total. The maximum atomic E-state index is 13.3. The van der Waals surface area contributed by atoms with Crippen LogP contribution in [-0.2, 0) is 21.0 Å². The SMILES string of the molecule is COc1ccc(S(=O)(=O)N(CC[C@H](Cc2ccc(OCP(=O)(O)O)cc2)NC(=O)O)CC(C)C)cc1. The fourth-order valence-electron chi connectivity index (χ4n) is 3.48. The van der Waals surface area contributed by atoms with Crippen LogP contribution in [0, 0.1) is 5.92 Å². The number of methoxy groups -OCH3 is 1. The van der Waals surface area contributed by atoms with Gasteiger partial charge in [-0.25, -0.2) is 13.2 Å². The molecule has 0 aliphatic carbocycles. The van der Waals surface area contributed by atoms with E-state index in [1.807, 2.05) is 13.8 Å². The summed E-state index contributed by atoms with van der Waals surface area (Å²) < 4.78 is 49.1. The van der Waals surface area contributed by atoms with Crippen molar-refractivity contribution in [2.24, 2.45) is 5.92 Å². The predicted octanol–water partition coefficient (Wildman–Crippen LogP) is 3.12. The summed E-state index contributed by atoms with van der Waals surface area (Å²) in [5, 5.41) is 11.7. The summed E-state index contributed by atoms with van der Waals surface area (Å²) in [4.78, 5) is 29.3. The number of sulfonamides is 1. The van der Waals surface area contributed by atoms with Crippen LogP contribution in [0.4, 0.5) is 4.79 Å². The van der Waals surface area contributed by atoms with E-state index in [4.69, 9.17) is 19.3 Å². The summed E-state index contributed by atoms with van der Waals surface area (Å²) in [5.74, 6) is 0.844. The smallest absolute Gasteiger partial charge is 0.404 e. The van der Waals surface area contributed by atoms with E-state index in [1.54, 1.807) is 24.3 Å². The van der Waals surface area contributed by atoms with Gasteiger partial charge in [0.2, 0.25) is 10.0 Å². The molecular weight excluding hydrogens is 511 g/mol. The van der Waals surface area contributed by atoms with E-state index in [1.165, 1.54) is 35.7 Å². The fraction of sp³-hybridized carbons (Fsp3) is 0.435. The van der Waals surface area contributed by atoms with Crippen LogP contribution in [0.25, 0.3) is 0 Å². The first-order valence-electron chi connectivity index (χ1n) is 11.2. The average molecular weight is 545 g/mol. The van der Waals surface area contributed by atoms with E-state index in [-0.39, 0.29) is 42.5 Å². The lowest BCUT2D eigenvalue weighted by atomic mass is 10.0. The van der Waals surface area contributed by atoms with Crippen molar-refractivity contribution in [1.29, 1.82) is 0 Å². The van der Waals surface area contributed by atoms with Crippen LogP contribution < -0.4 is 14.8 Å². The van der Waals surface area contributed by atoms with Crippen molar-refractivity contribution < 1.29 is 42.1 Å². The molecule has 0 aliphatic heterocycles. The third-order valence-corrected chi connectivity index (χ3v) is 7.47. The highest BCUT2D eigenvalue weighted by Gasteiger charge is 2.26. The quantitative estimate of drug-likeness (QED) is 0.262. The van der Waals surface area contributed by atoms with Crippen LogP contribution in [0.3, 0.4) is 0 Å². The molecular formula is C23H33N2O9PS. The first-order chi connectivity index (χ1) is 16.8. The van der Waals surface area contributed by atoms with Gasteiger partial charge in [0.05, 0.1) is 12.0 Å². The Kier molecular flexibility index (Phi) is 10.7. The Bertz CT molecular complexity index is 1130. The number of carboxylic acid groups (broad SMARTS) is 1. The molecule has 2 aromatic rings. The number of rotatable bonds is 14. The second kappa shape index (κ2) is 13.1. The zero-order valence-electron chi connectivity index (χ0n) is 20.4. The van der Waals surface area contributed by atoms with Gasteiger partial charge >= 0.3 is 13.7 Å². The normalized spacial score (nSPS) is 13.0. The number of benzene rings is 2. The Morgan fingerprint density at radius 1 is 1.06 bits per heavy atom. The Hall–Kier alpha value is -2.63. The van der Waals surface area contributed by atoms with E-state index in [0.29, 0.717) is 5.75 Å². The highest BCUT2D eigenvalue weighted by molar-refractivity contribution is 7.89. The van der Waals surface area contributed by atoms with Crippen LogP contribution in [-0.4, -0.2) is 66.3 Å². The van der Waals surface area contributed by atoms with Crippen molar-refractivity contribution in [3.8, 4) is 11.5 Å². The van der Waals surface area contributed by atoms with Crippen molar-refractivity contribution >= 4 is 23.7 Å². The monoisotopic (exact) mass is 544 g/mol. The molecule has 0 bridgehead atoms. The van der Waals surface area contributed by atoms with Crippen molar-refractivity contribution in [2.45, 2.75) is 37.6 Å². The van der Waals surface area contributed by atoms with Gasteiger partial charge in [0.15, 0.2) is 6.35 Å². The Balaban J connectivity index is 2.14. The zero-order valence-corrected chi connectivity index (χ0v) is 22.1. The zero-order chi connectivity index (χ0) is 26.9. The van der Waals surface area contributed by atoms with Gasteiger partial charge in [-0.2, -0.15) is 4.31 Å². The van der Waals surface area contributed by atoms with Gasteiger partial charge in [0.1, 0.15) is 11.5 Å². The van der Waals surface area contributed by atoms with Crippen LogP contribution >= 0.6 is 7.60 Å². The molecule has 13 heteroatoms. The third kappa shape index (κ3) is 9.79. The van der Waals surface area contributed by atoms with Gasteiger partial charge in [-0.1, -0.05) is 26.0 Å². The standard InChI is InChI=1S/C23H33N2O9PS/c1-17(2)15-25(36(31,32)22-10-8-20(33-3)9-11-22)13-12-19(24-23(26)27)14-18-4-6-21(7-5-18)34-16-35(28,29)30/h4-11,17,19,24H,12-16H2,1-3H3,(H,26,27)(H2,28,29,30)/t19-/m1/s1. The predicted molar refractivity (Wildman–Crippen MR) is 134 cm³/mol. The molecule has 0 radical (unpaired) electrons. The number of carbonyl (C=O) groups is 1. The molecule has 11 nitrogen and oxygen atoms in total. The minimum Gasteiger partial charge on any atom is -0.497 e. The Morgan fingerprint density at radius 3 is 2.14 bits per heavy atom. The maximum absolute atomic E-state index is 13.3. The van der Waals surface area contributed by atoms with E-state index >= 15 is 0 Å². The number of ether oxygens (including phenoxy) is 2. The van der Waals surface area contributed by atoms with Gasteiger partial charge in [-0.3, -0.25) is 4.57 Å². The molecule has 1 amide bonds. The van der Waals surface area contributed by atoms with Crippen molar-refractivity contribution in [1.82, 2.24) is 9.62 Å². The molecule has 2 aromatic carbocycles. The molecule has 200 valence electrons. The first kappa shape index (κ1) is 29.6. The van der Waals surface area contributed by atoms with E-state index < -0.39 is 36.1 Å². The Labute approximate surface area is 211 Å². The molecule has 0 spiro atoms. The third-order valence-electron chi connectivity index (χ3n) is 5.13. The molecule has 0 saturated heterocycles. The van der Waals surface area contributed by atoms with Gasteiger partial charge in [0, 0.05) is 19.1 Å². The van der Waals surface area contributed by atoms with Gasteiger partial charge in [-0.05, 0) is 60.7 Å². The van der Waals surface area contributed by atoms with E-state index in [2.05, 4.69) is 5.32 Å². The molecule has 2 rings (SSSR count). The first-order valence-corrected chi connectivity index (χ1v) is 14.4. The minimum atomic E-state index is -4.31.